The van der Waals surface area contributed by atoms with Crippen LogP contribution in [0.4, 0.5) is 0 Å². The van der Waals surface area contributed by atoms with Gasteiger partial charge in [0.1, 0.15) is 5.65 Å². The minimum absolute atomic E-state index is 0.0420. The van der Waals surface area contributed by atoms with E-state index in [2.05, 4.69) is 10.3 Å². The molecule has 3 rings (SSSR count). The number of pyridine rings is 1. The number of rotatable bonds is 5. The molecule has 136 valence electrons. The Bertz CT molecular complexity index is 1070. The lowest BCUT2D eigenvalue weighted by Gasteiger charge is -2.07. The number of benzene rings is 1. The zero-order valence-electron chi connectivity index (χ0n) is 14.6. The van der Waals surface area contributed by atoms with Gasteiger partial charge in [-0.1, -0.05) is 19.1 Å². The molecule has 1 aromatic carbocycles. The first-order valence-corrected chi connectivity index (χ1v) is 9.71. The lowest BCUT2D eigenvalue weighted by atomic mass is 10.2. The number of nitrogens with one attached hydrogen (secondary N) is 1. The molecule has 0 atom stereocenters. The number of aryl methyl sites for hydroxylation is 2. The van der Waals surface area contributed by atoms with E-state index in [0.29, 0.717) is 5.56 Å². The SMILES string of the molecule is CCc1nc2ccc(C(=O)NCc3ccc(S(N)(=O)=O)cc3)cn2c1C. The van der Waals surface area contributed by atoms with Crippen molar-refractivity contribution in [2.24, 2.45) is 5.14 Å². The number of carbonyl (C=O) groups is 1. The molecule has 26 heavy (non-hydrogen) atoms. The van der Waals surface area contributed by atoms with Crippen molar-refractivity contribution >= 4 is 21.6 Å². The Morgan fingerprint density at radius 1 is 1.19 bits per heavy atom. The molecule has 2 aromatic heterocycles. The van der Waals surface area contributed by atoms with Crippen LogP contribution in [0.15, 0.2) is 47.5 Å². The van der Waals surface area contributed by atoms with Gasteiger partial charge < -0.3 is 9.72 Å². The third-order valence-corrected chi connectivity index (χ3v) is 5.19. The Balaban J connectivity index is 1.74. The van der Waals surface area contributed by atoms with Gasteiger partial charge in [-0.3, -0.25) is 4.79 Å². The fourth-order valence-corrected chi connectivity index (χ4v) is 3.28. The number of fused-ring (bicyclic) bond motifs is 1. The summed E-state index contributed by atoms with van der Waals surface area (Å²) in [6.07, 6.45) is 2.61. The minimum Gasteiger partial charge on any atom is -0.348 e. The summed E-state index contributed by atoms with van der Waals surface area (Å²) in [6.45, 7) is 4.31. The zero-order chi connectivity index (χ0) is 18.9. The van der Waals surface area contributed by atoms with Crippen molar-refractivity contribution < 1.29 is 13.2 Å². The van der Waals surface area contributed by atoms with Crippen molar-refractivity contribution in [3.8, 4) is 0 Å². The lowest BCUT2D eigenvalue weighted by Crippen LogP contribution is -2.23. The van der Waals surface area contributed by atoms with Gasteiger partial charge in [-0.2, -0.15) is 0 Å². The average Bonchev–Trinajstić information content (AvgIpc) is 2.94. The van der Waals surface area contributed by atoms with Crippen molar-refractivity contribution in [1.82, 2.24) is 14.7 Å². The molecule has 2 heterocycles. The van der Waals surface area contributed by atoms with Gasteiger partial charge in [0, 0.05) is 18.4 Å². The number of hydrogen-bond donors (Lipinski definition) is 2. The molecule has 1 amide bonds. The van der Waals surface area contributed by atoms with E-state index in [9.17, 15) is 13.2 Å². The van der Waals surface area contributed by atoms with Gasteiger partial charge in [-0.15, -0.1) is 0 Å². The number of aromatic nitrogens is 2. The molecule has 3 aromatic rings. The van der Waals surface area contributed by atoms with Crippen molar-refractivity contribution in [2.75, 3.05) is 0 Å². The summed E-state index contributed by atoms with van der Waals surface area (Å²) < 4.78 is 24.4. The molecule has 0 spiro atoms. The maximum atomic E-state index is 12.4. The number of hydrogen-bond acceptors (Lipinski definition) is 4. The van der Waals surface area contributed by atoms with Crippen LogP contribution in [0.2, 0.25) is 0 Å². The van der Waals surface area contributed by atoms with Crippen LogP contribution >= 0.6 is 0 Å². The summed E-state index contributed by atoms with van der Waals surface area (Å²) in [6, 6.07) is 9.64. The van der Waals surface area contributed by atoms with Crippen molar-refractivity contribution in [3.63, 3.8) is 0 Å². The van der Waals surface area contributed by atoms with Crippen LogP contribution < -0.4 is 10.5 Å². The molecule has 0 bridgehead atoms. The predicted octanol–water partition coefficient (Wildman–Crippen LogP) is 1.78. The molecule has 0 saturated carbocycles. The molecule has 0 saturated heterocycles. The highest BCUT2D eigenvalue weighted by Crippen LogP contribution is 2.14. The van der Waals surface area contributed by atoms with Crippen LogP contribution in [0.25, 0.3) is 5.65 Å². The second-order valence-corrected chi connectivity index (χ2v) is 7.58. The smallest absolute Gasteiger partial charge is 0.253 e. The Hall–Kier alpha value is -2.71. The third kappa shape index (κ3) is 3.61. The summed E-state index contributed by atoms with van der Waals surface area (Å²) >= 11 is 0. The van der Waals surface area contributed by atoms with Gasteiger partial charge in [-0.25, -0.2) is 18.5 Å². The molecule has 8 heteroatoms. The van der Waals surface area contributed by atoms with Gasteiger partial charge in [0.25, 0.3) is 5.91 Å². The van der Waals surface area contributed by atoms with Crippen LogP contribution in [-0.4, -0.2) is 23.7 Å². The summed E-state index contributed by atoms with van der Waals surface area (Å²) in [5, 5.41) is 7.89. The van der Waals surface area contributed by atoms with Crippen molar-refractivity contribution in [1.29, 1.82) is 0 Å². The van der Waals surface area contributed by atoms with Gasteiger partial charge in [-0.05, 0) is 43.2 Å². The van der Waals surface area contributed by atoms with Gasteiger partial charge in [0.05, 0.1) is 16.2 Å². The molecule has 0 aliphatic heterocycles. The van der Waals surface area contributed by atoms with Gasteiger partial charge >= 0.3 is 0 Å². The number of nitrogens with zero attached hydrogens (tertiary/aromatic N) is 2. The van der Waals surface area contributed by atoms with E-state index in [1.807, 2.05) is 24.3 Å². The van der Waals surface area contributed by atoms with E-state index >= 15 is 0 Å². The maximum Gasteiger partial charge on any atom is 0.253 e. The molecule has 0 radical (unpaired) electrons. The molecular formula is C18H20N4O3S. The van der Waals surface area contributed by atoms with E-state index in [1.54, 1.807) is 24.4 Å². The molecule has 3 N–H and O–H groups in total. The first kappa shape index (κ1) is 18.1. The number of imidazole rings is 1. The molecular weight excluding hydrogens is 352 g/mol. The zero-order valence-corrected chi connectivity index (χ0v) is 15.4. The highest BCUT2D eigenvalue weighted by Gasteiger charge is 2.11. The molecule has 0 aliphatic carbocycles. The lowest BCUT2D eigenvalue weighted by molar-refractivity contribution is 0.0950. The van der Waals surface area contributed by atoms with Crippen LogP contribution in [-0.2, 0) is 23.0 Å². The first-order chi connectivity index (χ1) is 12.3. The Kier molecular flexibility index (Phi) is 4.80. The van der Waals surface area contributed by atoms with E-state index in [4.69, 9.17) is 5.14 Å². The second kappa shape index (κ2) is 6.89. The quantitative estimate of drug-likeness (QED) is 0.712. The van der Waals surface area contributed by atoms with Crippen molar-refractivity contribution in [3.05, 3.63) is 65.1 Å². The van der Waals surface area contributed by atoms with Crippen LogP contribution in [0.5, 0.6) is 0 Å². The number of nitrogens with two attached hydrogens (primary N) is 1. The molecule has 0 unspecified atom stereocenters. The van der Waals surface area contributed by atoms with Crippen molar-refractivity contribution in [2.45, 2.75) is 31.7 Å². The highest BCUT2D eigenvalue weighted by atomic mass is 32.2. The average molecular weight is 372 g/mol. The molecule has 0 aliphatic rings. The Morgan fingerprint density at radius 2 is 1.88 bits per heavy atom. The summed E-state index contributed by atoms with van der Waals surface area (Å²) in [5.74, 6) is -0.214. The summed E-state index contributed by atoms with van der Waals surface area (Å²) in [5.41, 5.74) is 4.16. The number of amides is 1. The van der Waals surface area contributed by atoms with E-state index in [-0.39, 0.29) is 17.3 Å². The fraction of sp³-hybridized carbons (Fsp3) is 0.222. The van der Waals surface area contributed by atoms with Crippen LogP contribution in [0.3, 0.4) is 0 Å². The standard InChI is InChI=1S/C18H20N4O3S/c1-3-16-12(2)22-11-14(6-9-17(22)21-16)18(23)20-10-13-4-7-15(8-5-13)26(19,24)25/h4-9,11H,3,10H2,1-2H3,(H,20,23)(H2,19,24,25). The van der Waals surface area contributed by atoms with Crippen LogP contribution in [0.1, 0.15) is 34.2 Å². The fourth-order valence-electron chi connectivity index (χ4n) is 2.76. The summed E-state index contributed by atoms with van der Waals surface area (Å²) in [4.78, 5) is 17.0. The largest absolute Gasteiger partial charge is 0.348 e. The van der Waals surface area contributed by atoms with Crippen LogP contribution in [0, 0.1) is 6.92 Å². The molecule has 0 fully saturated rings. The summed E-state index contributed by atoms with van der Waals surface area (Å²) in [7, 11) is -3.72. The maximum absolute atomic E-state index is 12.4. The third-order valence-electron chi connectivity index (χ3n) is 4.26. The number of primary sulfonamides is 1. The van der Waals surface area contributed by atoms with Gasteiger partial charge in [0.2, 0.25) is 10.0 Å². The normalized spacial score (nSPS) is 11.7. The van der Waals surface area contributed by atoms with E-state index in [1.165, 1.54) is 12.1 Å². The topological polar surface area (TPSA) is 107 Å². The first-order valence-electron chi connectivity index (χ1n) is 8.17. The van der Waals surface area contributed by atoms with E-state index < -0.39 is 10.0 Å². The Labute approximate surface area is 151 Å². The molecule has 7 nitrogen and oxygen atoms in total. The highest BCUT2D eigenvalue weighted by molar-refractivity contribution is 7.89. The number of carbonyl (C=O) groups excluding carboxylic acids is 1. The predicted molar refractivity (Wildman–Crippen MR) is 98.3 cm³/mol. The van der Waals surface area contributed by atoms with E-state index in [0.717, 1.165) is 29.0 Å². The number of sulfonamides is 1. The minimum atomic E-state index is -3.72. The van der Waals surface area contributed by atoms with Gasteiger partial charge in [0.15, 0.2) is 0 Å². The monoisotopic (exact) mass is 372 g/mol. The Morgan fingerprint density at radius 3 is 2.50 bits per heavy atom. The second-order valence-electron chi connectivity index (χ2n) is 6.02.